The van der Waals surface area contributed by atoms with Crippen LogP contribution in [0.5, 0.6) is 0 Å². The van der Waals surface area contributed by atoms with Crippen LogP contribution >= 0.6 is 11.3 Å². The predicted octanol–water partition coefficient (Wildman–Crippen LogP) is 3.96. The molecule has 2 N–H and O–H groups in total. The summed E-state index contributed by atoms with van der Waals surface area (Å²) in [7, 11) is 0. The molecule has 3 rings (SSSR count). The molecule has 0 bridgehead atoms. The van der Waals surface area contributed by atoms with Crippen LogP contribution in [-0.4, -0.2) is 21.0 Å². The second kappa shape index (κ2) is 5.92. The summed E-state index contributed by atoms with van der Waals surface area (Å²) in [4.78, 5) is 26.4. The SMILES string of the molecule is Cc1nc2ccc(NC(=O)Nc3nc(C)c(C)s3)cc2nc1C. The van der Waals surface area contributed by atoms with E-state index < -0.39 is 0 Å². The number of carbonyl (C=O) groups excluding carboxylic acids is 1. The molecule has 0 saturated heterocycles. The maximum absolute atomic E-state index is 12.1. The Labute approximate surface area is 138 Å². The van der Waals surface area contributed by atoms with Gasteiger partial charge in [-0.2, -0.15) is 0 Å². The molecule has 0 unspecified atom stereocenters. The van der Waals surface area contributed by atoms with Crippen LogP contribution < -0.4 is 10.6 Å². The van der Waals surface area contributed by atoms with Crippen LogP contribution in [0.3, 0.4) is 0 Å². The number of urea groups is 1. The summed E-state index contributed by atoms with van der Waals surface area (Å²) in [5.74, 6) is 0. The summed E-state index contributed by atoms with van der Waals surface area (Å²) >= 11 is 1.45. The third-order valence-corrected chi connectivity index (χ3v) is 4.57. The molecule has 0 aliphatic heterocycles. The molecule has 2 amide bonds. The van der Waals surface area contributed by atoms with Crippen molar-refractivity contribution in [2.75, 3.05) is 10.6 Å². The van der Waals surface area contributed by atoms with Crippen molar-refractivity contribution in [1.82, 2.24) is 15.0 Å². The second-order valence-electron chi connectivity index (χ2n) is 5.34. The van der Waals surface area contributed by atoms with Gasteiger partial charge in [-0.1, -0.05) is 0 Å². The van der Waals surface area contributed by atoms with E-state index >= 15 is 0 Å². The monoisotopic (exact) mass is 327 g/mol. The quantitative estimate of drug-likeness (QED) is 0.746. The molecule has 7 heteroatoms. The Morgan fingerprint density at radius 1 is 0.913 bits per heavy atom. The van der Waals surface area contributed by atoms with Gasteiger partial charge in [0, 0.05) is 10.6 Å². The Bertz CT molecular complexity index is 883. The topological polar surface area (TPSA) is 79.8 Å². The number of fused-ring (bicyclic) bond motifs is 1. The largest absolute Gasteiger partial charge is 0.325 e. The summed E-state index contributed by atoms with van der Waals surface area (Å²) in [6, 6.07) is 5.15. The maximum atomic E-state index is 12.1. The minimum atomic E-state index is -0.324. The predicted molar refractivity (Wildman–Crippen MR) is 93.2 cm³/mol. The average Bonchev–Trinajstić information content (AvgIpc) is 2.78. The summed E-state index contributed by atoms with van der Waals surface area (Å²) in [5, 5.41) is 6.12. The highest BCUT2D eigenvalue weighted by Crippen LogP contribution is 2.22. The first-order chi connectivity index (χ1) is 10.9. The van der Waals surface area contributed by atoms with E-state index in [1.165, 1.54) is 11.3 Å². The molecule has 3 aromatic rings. The van der Waals surface area contributed by atoms with Gasteiger partial charge in [-0.25, -0.2) is 19.7 Å². The molecule has 0 radical (unpaired) electrons. The number of thiazole rings is 1. The lowest BCUT2D eigenvalue weighted by molar-refractivity contribution is 0.262. The summed E-state index contributed by atoms with van der Waals surface area (Å²) in [5.41, 5.74) is 4.95. The van der Waals surface area contributed by atoms with Gasteiger partial charge in [0.25, 0.3) is 0 Å². The van der Waals surface area contributed by atoms with Crippen molar-refractivity contribution in [3.63, 3.8) is 0 Å². The van der Waals surface area contributed by atoms with Crippen molar-refractivity contribution in [3.05, 3.63) is 40.2 Å². The molecule has 2 heterocycles. The number of aryl methyl sites for hydroxylation is 4. The smallest absolute Gasteiger partial charge is 0.308 e. The fraction of sp³-hybridized carbons (Fsp3) is 0.250. The number of nitrogens with one attached hydrogen (secondary N) is 2. The zero-order chi connectivity index (χ0) is 16.6. The Hall–Kier alpha value is -2.54. The van der Waals surface area contributed by atoms with Gasteiger partial charge < -0.3 is 5.32 Å². The van der Waals surface area contributed by atoms with Gasteiger partial charge in [0.1, 0.15) is 0 Å². The van der Waals surface area contributed by atoms with Crippen LogP contribution in [0.25, 0.3) is 11.0 Å². The summed E-state index contributed by atoms with van der Waals surface area (Å²) < 4.78 is 0. The molecule has 1 aromatic carbocycles. The van der Waals surface area contributed by atoms with E-state index in [4.69, 9.17) is 0 Å². The normalized spacial score (nSPS) is 10.8. The summed E-state index contributed by atoms with van der Waals surface area (Å²) in [6.07, 6.45) is 0. The number of nitrogens with zero attached hydrogens (tertiary/aromatic N) is 3. The fourth-order valence-electron chi connectivity index (χ4n) is 2.09. The molecule has 23 heavy (non-hydrogen) atoms. The van der Waals surface area contributed by atoms with E-state index in [0.717, 1.165) is 33.0 Å². The Morgan fingerprint density at radius 2 is 1.61 bits per heavy atom. The van der Waals surface area contributed by atoms with E-state index in [-0.39, 0.29) is 6.03 Å². The van der Waals surface area contributed by atoms with Crippen LogP contribution in [0.1, 0.15) is 22.0 Å². The van der Waals surface area contributed by atoms with Crippen molar-refractivity contribution in [1.29, 1.82) is 0 Å². The van der Waals surface area contributed by atoms with E-state index in [2.05, 4.69) is 25.6 Å². The van der Waals surface area contributed by atoms with Gasteiger partial charge in [0.15, 0.2) is 5.13 Å². The van der Waals surface area contributed by atoms with Crippen LogP contribution in [0.15, 0.2) is 18.2 Å². The lowest BCUT2D eigenvalue weighted by Gasteiger charge is -2.07. The van der Waals surface area contributed by atoms with Gasteiger partial charge in [-0.05, 0) is 45.9 Å². The first-order valence-electron chi connectivity index (χ1n) is 7.19. The third kappa shape index (κ3) is 3.29. The van der Waals surface area contributed by atoms with Crippen molar-refractivity contribution in [2.45, 2.75) is 27.7 Å². The molecule has 2 aromatic heterocycles. The van der Waals surface area contributed by atoms with Gasteiger partial charge in [0.2, 0.25) is 0 Å². The number of anilines is 2. The minimum absolute atomic E-state index is 0.324. The number of hydrogen-bond donors (Lipinski definition) is 2. The number of hydrogen-bond acceptors (Lipinski definition) is 5. The fourth-order valence-corrected chi connectivity index (χ4v) is 2.90. The van der Waals surface area contributed by atoms with E-state index in [0.29, 0.717) is 10.8 Å². The first kappa shape index (κ1) is 15.4. The lowest BCUT2D eigenvalue weighted by atomic mass is 10.2. The molecule has 0 spiro atoms. The highest BCUT2D eigenvalue weighted by atomic mass is 32.1. The molecule has 118 valence electrons. The molecule has 0 saturated carbocycles. The molecule has 0 fully saturated rings. The molecule has 6 nitrogen and oxygen atoms in total. The average molecular weight is 327 g/mol. The van der Waals surface area contributed by atoms with Gasteiger partial charge in [0.05, 0.1) is 28.1 Å². The summed E-state index contributed by atoms with van der Waals surface area (Å²) in [6.45, 7) is 7.74. The standard InChI is InChI=1S/C16H17N5OS/c1-8-9(2)18-14-7-12(5-6-13(14)17-8)20-15(22)21-16-19-10(3)11(4)23-16/h5-7H,1-4H3,(H2,19,20,21,22). The Kier molecular flexibility index (Phi) is 3.96. The third-order valence-electron chi connectivity index (χ3n) is 3.58. The van der Waals surface area contributed by atoms with Gasteiger partial charge >= 0.3 is 6.03 Å². The van der Waals surface area contributed by atoms with Gasteiger partial charge in [-0.15, -0.1) is 11.3 Å². The number of aromatic nitrogens is 3. The zero-order valence-corrected chi connectivity index (χ0v) is 14.2. The molecule has 0 aliphatic carbocycles. The van der Waals surface area contributed by atoms with Crippen LogP contribution in [-0.2, 0) is 0 Å². The number of benzene rings is 1. The van der Waals surface area contributed by atoms with Crippen LogP contribution in [0.4, 0.5) is 15.6 Å². The number of rotatable bonds is 2. The van der Waals surface area contributed by atoms with Crippen LogP contribution in [0, 0.1) is 27.7 Å². The first-order valence-corrected chi connectivity index (χ1v) is 8.01. The van der Waals surface area contributed by atoms with Crippen molar-refractivity contribution >= 4 is 39.2 Å². The Morgan fingerprint density at radius 3 is 2.26 bits per heavy atom. The maximum Gasteiger partial charge on any atom is 0.325 e. The van der Waals surface area contributed by atoms with Crippen molar-refractivity contribution in [2.24, 2.45) is 0 Å². The second-order valence-corrected chi connectivity index (χ2v) is 6.54. The highest BCUT2D eigenvalue weighted by Gasteiger charge is 2.09. The minimum Gasteiger partial charge on any atom is -0.308 e. The van der Waals surface area contributed by atoms with Gasteiger partial charge in [-0.3, -0.25) is 5.32 Å². The van der Waals surface area contributed by atoms with E-state index in [9.17, 15) is 4.79 Å². The molecular weight excluding hydrogens is 310 g/mol. The molecular formula is C16H17N5OS. The lowest BCUT2D eigenvalue weighted by Crippen LogP contribution is -2.19. The van der Waals surface area contributed by atoms with E-state index in [1.54, 1.807) is 0 Å². The molecule has 0 aliphatic rings. The number of carbonyl (C=O) groups is 1. The van der Waals surface area contributed by atoms with E-state index in [1.807, 2.05) is 45.9 Å². The van der Waals surface area contributed by atoms with Crippen molar-refractivity contribution in [3.8, 4) is 0 Å². The zero-order valence-electron chi connectivity index (χ0n) is 13.4. The molecule has 0 atom stereocenters. The highest BCUT2D eigenvalue weighted by molar-refractivity contribution is 7.15. The Balaban J connectivity index is 1.78. The number of amides is 2. The van der Waals surface area contributed by atoms with Crippen LogP contribution in [0.2, 0.25) is 0 Å². The van der Waals surface area contributed by atoms with Crippen molar-refractivity contribution < 1.29 is 4.79 Å².